The molecule has 0 unspecified atom stereocenters. The maximum Gasteiger partial charge on any atom is 0.179 e. The maximum atomic E-state index is 11.9. The largest absolute Gasteiger partial charge is 0.224 e. The van der Waals surface area contributed by atoms with Crippen molar-refractivity contribution in [3.8, 4) is 17.2 Å². The number of nitrogens with zero attached hydrogens (tertiary/aromatic N) is 1. The number of nitriles is 1. The molecule has 0 saturated heterocycles. The van der Waals surface area contributed by atoms with Crippen molar-refractivity contribution in [1.29, 1.82) is 5.26 Å². The maximum absolute atomic E-state index is 11.9. The molecule has 0 aliphatic rings. The van der Waals surface area contributed by atoms with Gasteiger partial charge in [-0.1, -0.05) is 42.5 Å². The Kier molecular flexibility index (Phi) is 3.98. The summed E-state index contributed by atoms with van der Waals surface area (Å²) < 4.78 is 23.8. The van der Waals surface area contributed by atoms with Crippen LogP contribution in [0.25, 0.3) is 11.1 Å². The lowest BCUT2D eigenvalue weighted by Gasteiger charge is -2.04. The van der Waals surface area contributed by atoms with Crippen LogP contribution < -0.4 is 0 Å². The van der Waals surface area contributed by atoms with Gasteiger partial charge in [0.15, 0.2) is 9.84 Å². The minimum Gasteiger partial charge on any atom is -0.224 e. The molecule has 0 N–H and O–H groups in total. The van der Waals surface area contributed by atoms with Crippen LogP contribution in [0.3, 0.4) is 0 Å². The first-order valence-corrected chi connectivity index (χ1v) is 7.54. The molecule has 0 fully saturated rings. The molecule has 0 bridgehead atoms. The zero-order valence-electron chi connectivity index (χ0n) is 10.3. The molecule has 19 heavy (non-hydrogen) atoms. The summed E-state index contributed by atoms with van der Waals surface area (Å²) in [4.78, 5) is 0.266. The van der Waals surface area contributed by atoms with Gasteiger partial charge >= 0.3 is 0 Å². The van der Waals surface area contributed by atoms with E-state index >= 15 is 0 Å². The monoisotopic (exact) mass is 271 g/mol. The number of hydrogen-bond donors (Lipinski definition) is 0. The first kappa shape index (κ1) is 13.3. The fraction of sp³-hybridized carbons (Fsp3) is 0.133. The topological polar surface area (TPSA) is 57.9 Å². The van der Waals surface area contributed by atoms with Crippen molar-refractivity contribution in [3.63, 3.8) is 0 Å². The van der Waals surface area contributed by atoms with Gasteiger partial charge in [0.05, 0.1) is 16.7 Å². The van der Waals surface area contributed by atoms with Crippen LogP contribution in [0.1, 0.15) is 6.42 Å². The third-order valence-corrected chi connectivity index (χ3v) is 4.54. The van der Waals surface area contributed by atoms with Crippen LogP contribution in [-0.2, 0) is 9.84 Å². The average molecular weight is 271 g/mol. The smallest absolute Gasteiger partial charge is 0.179 e. The zero-order valence-corrected chi connectivity index (χ0v) is 11.1. The Labute approximate surface area is 113 Å². The molecule has 2 aromatic carbocycles. The minimum atomic E-state index is -3.34. The molecule has 0 amide bonds. The quantitative estimate of drug-likeness (QED) is 0.858. The summed E-state index contributed by atoms with van der Waals surface area (Å²) in [6, 6.07) is 18.4. The van der Waals surface area contributed by atoms with Crippen molar-refractivity contribution in [2.24, 2.45) is 0 Å². The molecule has 3 nitrogen and oxygen atoms in total. The Morgan fingerprint density at radius 3 is 2.05 bits per heavy atom. The second-order valence-corrected chi connectivity index (χ2v) is 6.23. The van der Waals surface area contributed by atoms with Crippen molar-refractivity contribution >= 4 is 9.84 Å². The van der Waals surface area contributed by atoms with E-state index in [1.165, 1.54) is 0 Å². The van der Waals surface area contributed by atoms with Gasteiger partial charge in [0.2, 0.25) is 0 Å². The molecule has 2 aromatic rings. The highest BCUT2D eigenvalue weighted by Gasteiger charge is 2.13. The van der Waals surface area contributed by atoms with Gasteiger partial charge in [-0.25, -0.2) is 8.42 Å². The number of benzene rings is 2. The molecule has 0 aliphatic carbocycles. The summed E-state index contributed by atoms with van der Waals surface area (Å²) in [5.41, 5.74) is 2.02. The zero-order chi connectivity index (χ0) is 13.7. The second-order valence-electron chi connectivity index (χ2n) is 4.12. The van der Waals surface area contributed by atoms with Crippen LogP contribution in [-0.4, -0.2) is 14.2 Å². The second kappa shape index (κ2) is 5.68. The fourth-order valence-corrected chi connectivity index (χ4v) is 2.93. The van der Waals surface area contributed by atoms with Crippen LogP contribution in [0.15, 0.2) is 59.5 Å². The van der Waals surface area contributed by atoms with Crippen LogP contribution >= 0.6 is 0 Å². The Bertz CT molecular complexity index is 683. The summed E-state index contributed by atoms with van der Waals surface area (Å²) in [6.07, 6.45) is 0.0166. The Morgan fingerprint density at radius 1 is 0.895 bits per heavy atom. The highest BCUT2D eigenvalue weighted by Crippen LogP contribution is 2.21. The molecule has 2 rings (SSSR count). The summed E-state index contributed by atoms with van der Waals surface area (Å²) in [7, 11) is -3.34. The summed E-state index contributed by atoms with van der Waals surface area (Å²) in [5.74, 6) is -0.131. The van der Waals surface area contributed by atoms with E-state index in [1.807, 2.05) is 36.4 Å². The highest BCUT2D eigenvalue weighted by atomic mass is 32.2. The molecule has 4 heteroatoms. The Morgan fingerprint density at radius 2 is 1.47 bits per heavy atom. The highest BCUT2D eigenvalue weighted by molar-refractivity contribution is 7.91. The van der Waals surface area contributed by atoms with E-state index in [9.17, 15) is 8.42 Å². The lowest BCUT2D eigenvalue weighted by Crippen LogP contribution is -2.05. The van der Waals surface area contributed by atoms with Gasteiger partial charge in [0, 0.05) is 6.42 Å². The molecule has 96 valence electrons. The van der Waals surface area contributed by atoms with E-state index in [4.69, 9.17) is 5.26 Å². The first-order chi connectivity index (χ1) is 9.13. The van der Waals surface area contributed by atoms with Crippen LogP contribution in [0, 0.1) is 11.3 Å². The Hall–Kier alpha value is -2.12. The van der Waals surface area contributed by atoms with E-state index < -0.39 is 9.84 Å². The number of hydrogen-bond acceptors (Lipinski definition) is 3. The number of rotatable bonds is 4. The standard InChI is InChI=1S/C15H13NO2S/c16-11-4-12-19(17,18)15-9-7-14(8-10-15)13-5-2-1-3-6-13/h1-3,5-10H,4,12H2. The molecule has 0 heterocycles. The molecule has 0 atom stereocenters. The molecular weight excluding hydrogens is 258 g/mol. The average Bonchev–Trinajstić information content (AvgIpc) is 2.46. The molecule has 0 aromatic heterocycles. The van der Waals surface area contributed by atoms with Gasteiger partial charge in [-0.2, -0.15) is 5.26 Å². The molecule has 0 radical (unpaired) electrons. The molecule has 0 spiro atoms. The van der Waals surface area contributed by atoms with Crippen LogP contribution in [0.5, 0.6) is 0 Å². The summed E-state index contributed by atoms with van der Waals surface area (Å²) >= 11 is 0. The van der Waals surface area contributed by atoms with Gasteiger partial charge < -0.3 is 0 Å². The van der Waals surface area contributed by atoms with E-state index in [-0.39, 0.29) is 17.1 Å². The van der Waals surface area contributed by atoms with Gasteiger partial charge in [-0.3, -0.25) is 0 Å². The number of sulfone groups is 1. The normalized spacial score (nSPS) is 10.9. The van der Waals surface area contributed by atoms with Gasteiger partial charge in [0.25, 0.3) is 0 Å². The molecule has 0 saturated carbocycles. The van der Waals surface area contributed by atoms with Gasteiger partial charge in [-0.05, 0) is 23.3 Å². The van der Waals surface area contributed by atoms with Crippen molar-refractivity contribution in [2.75, 3.05) is 5.75 Å². The van der Waals surface area contributed by atoms with E-state index in [1.54, 1.807) is 24.3 Å². The van der Waals surface area contributed by atoms with Crippen molar-refractivity contribution in [2.45, 2.75) is 11.3 Å². The Balaban J connectivity index is 2.27. The summed E-state index contributed by atoms with van der Waals surface area (Å²) in [6.45, 7) is 0. The SMILES string of the molecule is N#CCCS(=O)(=O)c1ccc(-c2ccccc2)cc1. The predicted octanol–water partition coefficient (Wildman–Crippen LogP) is 3.04. The van der Waals surface area contributed by atoms with Gasteiger partial charge in [0.1, 0.15) is 0 Å². The van der Waals surface area contributed by atoms with Crippen molar-refractivity contribution in [3.05, 3.63) is 54.6 Å². The van der Waals surface area contributed by atoms with E-state index in [0.29, 0.717) is 0 Å². The summed E-state index contributed by atoms with van der Waals surface area (Å²) in [5, 5.41) is 8.45. The van der Waals surface area contributed by atoms with E-state index in [2.05, 4.69) is 0 Å². The first-order valence-electron chi connectivity index (χ1n) is 5.89. The third kappa shape index (κ3) is 3.21. The van der Waals surface area contributed by atoms with Crippen molar-refractivity contribution in [1.82, 2.24) is 0 Å². The molecule has 0 aliphatic heterocycles. The van der Waals surface area contributed by atoms with Crippen LogP contribution in [0.2, 0.25) is 0 Å². The molecular formula is C15H13NO2S. The van der Waals surface area contributed by atoms with Crippen molar-refractivity contribution < 1.29 is 8.42 Å². The minimum absolute atomic E-state index is 0.0166. The third-order valence-electron chi connectivity index (χ3n) is 2.80. The van der Waals surface area contributed by atoms with Crippen LogP contribution in [0.4, 0.5) is 0 Å². The predicted molar refractivity (Wildman–Crippen MR) is 74.2 cm³/mol. The lowest BCUT2D eigenvalue weighted by molar-refractivity contribution is 0.596. The van der Waals surface area contributed by atoms with Gasteiger partial charge in [-0.15, -0.1) is 0 Å². The fourth-order valence-electron chi connectivity index (χ4n) is 1.78. The van der Waals surface area contributed by atoms with E-state index in [0.717, 1.165) is 11.1 Å². The lowest BCUT2D eigenvalue weighted by atomic mass is 10.1.